The highest BCUT2D eigenvalue weighted by Gasteiger charge is 2.17. The first kappa shape index (κ1) is 14.3. The Bertz CT molecular complexity index is 624. The summed E-state index contributed by atoms with van der Waals surface area (Å²) < 4.78 is 5.49. The first-order valence-corrected chi connectivity index (χ1v) is 7.56. The summed E-state index contributed by atoms with van der Waals surface area (Å²) in [5, 5.41) is 0. The van der Waals surface area contributed by atoms with E-state index in [2.05, 4.69) is 54.8 Å². The van der Waals surface area contributed by atoms with Gasteiger partial charge < -0.3 is 4.74 Å². The van der Waals surface area contributed by atoms with E-state index in [0.29, 0.717) is 6.61 Å². The van der Waals surface area contributed by atoms with Crippen LogP contribution in [0.1, 0.15) is 47.2 Å². The average Bonchev–Trinajstić information content (AvgIpc) is 2.96. The Morgan fingerprint density at radius 1 is 1.10 bits per heavy atom. The molecule has 2 aromatic carbocycles. The van der Waals surface area contributed by atoms with Crippen LogP contribution in [0.5, 0.6) is 0 Å². The molecule has 0 saturated carbocycles. The van der Waals surface area contributed by atoms with Gasteiger partial charge in [0.15, 0.2) is 0 Å². The molecule has 0 fully saturated rings. The summed E-state index contributed by atoms with van der Waals surface area (Å²) in [6, 6.07) is 15.2. The standard InChI is InChI=1S/C18H22N2O/c1-2-4-13-5-3-6-14(9-13)18(20-19)15-7-8-16-11-21-12-17(16)10-15/h3,5-10,18,20H,2,4,11-12,19H2,1H3. The number of aryl methyl sites for hydroxylation is 1. The van der Waals surface area contributed by atoms with Crippen LogP contribution in [0, 0.1) is 0 Å². The topological polar surface area (TPSA) is 47.3 Å². The van der Waals surface area contributed by atoms with E-state index >= 15 is 0 Å². The van der Waals surface area contributed by atoms with Gasteiger partial charge in [-0.05, 0) is 34.2 Å². The molecule has 0 radical (unpaired) electrons. The van der Waals surface area contributed by atoms with Gasteiger partial charge in [-0.1, -0.05) is 55.8 Å². The molecule has 3 heteroatoms. The van der Waals surface area contributed by atoms with Crippen molar-refractivity contribution < 1.29 is 4.74 Å². The van der Waals surface area contributed by atoms with Crippen LogP contribution in [0.25, 0.3) is 0 Å². The van der Waals surface area contributed by atoms with E-state index in [1.807, 2.05) is 0 Å². The fourth-order valence-corrected chi connectivity index (χ4v) is 2.97. The van der Waals surface area contributed by atoms with E-state index < -0.39 is 0 Å². The van der Waals surface area contributed by atoms with E-state index in [1.165, 1.54) is 27.8 Å². The Kier molecular flexibility index (Phi) is 4.34. The number of hydrazine groups is 1. The molecule has 1 heterocycles. The quantitative estimate of drug-likeness (QED) is 0.654. The molecule has 3 nitrogen and oxygen atoms in total. The van der Waals surface area contributed by atoms with Crippen molar-refractivity contribution in [2.24, 2.45) is 5.84 Å². The van der Waals surface area contributed by atoms with Crippen molar-refractivity contribution in [3.63, 3.8) is 0 Å². The Hall–Kier alpha value is -1.68. The maximum Gasteiger partial charge on any atom is 0.0725 e. The molecular formula is C18H22N2O. The molecule has 0 bridgehead atoms. The van der Waals surface area contributed by atoms with E-state index in [-0.39, 0.29) is 6.04 Å². The van der Waals surface area contributed by atoms with Crippen molar-refractivity contribution in [2.45, 2.75) is 39.0 Å². The molecule has 0 spiro atoms. The van der Waals surface area contributed by atoms with Gasteiger partial charge in [0, 0.05) is 0 Å². The number of fused-ring (bicyclic) bond motifs is 1. The van der Waals surface area contributed by atoms with Crippen LogP contribution in [-0.2, 0) is 24.4 Å². The van der Waals surface area contributed by atoms with Crippen molar-refractivity contribution in [1.29, 1.82) is 0 Å². The second-order valence-corrected chi connectivity index (χ2v) is 5.62. The predicted octanol–water partition coefficient (Wildman–Crippen LogP) is 3.22. The van der Waals surface area contributed by atoms with Gasteiger partial charge in [0.1, 0.15) is 0 Å². The maximum atomic E-state index is 5.82. The van der Waals surface area contributed by atoms with Crippen LogP contribution in [0.2, 0.25) is 0 Å². The third-order valence-electron chi connectivity index (χ3n) is 4.07. The fraction of sp³-hybridized carbons (Fsp3) is 0.333. The molecule has 1 aliphatic rings. The third kappa shape index (κ3) is 3.00. The molecule has 1 aliphatic heterocycles. The second kappa shape index (κ2) is 6.39. The molecule has 0 aliphatic carbocycles. The zero-order valence-corrected chi connectivity index (χ0v) is 12.4. The molecule has 21 heavy (non-hydrogen) atoms. The van der Waals surface area contributed by atoms with Crippen LogP contribution < -0.4 is 11.3 Å². The largest absolute Gasteiger partial charge is 0.372 e. The minimum Gasteiger partial charge on any atom is -0.372 e. The molecule has 1 unspecified atom stereocenters. The lowest BCUT2D eigenvalue weighted by Crippen LogP contribution is -2.29. The van der Waals surface area contributed by atoms with Crippen LogP contribution >= 0.6 is 0 Å². The first-order chi connectivity index (χ1) is 10.3. The molecule has 3 N–H and O–H groups in total. The van der Waals surface area contributed by atoms with E-state index in [9.17, 15) is 0 Å². The van der Waals surface area contributed by atoms with Crippen molar-refractivity contribution in [2.75, 3.05) is 0 Å². The summed E-state index contributed by atoms with van der Waals surface area (Å²) in [6.07, 6.45) is 2.25. The van der Waals surface area contributed by atoms with Gasteiger partial charge >= 0.3 is 0 Å². The third-order valence-corrected chi connectivity index (χ3v) is 4.07. The number of nitrogens with two attached hydrogens (primary N) is 1. The van der Waals surface area contributed by atoms with Crippen molar-refractivity contribution in [1.82, 2.24) is 5.43 Å². The molecule has 2 aromatic rings. The van der Waals surface area contributed by atoms with Gasteiger partial charge in [0.05, 0.1) is 19.3 Å². The maximum absolute atomic E-state index is 5.82. The summed E-state index contributed by atoms with van der Waals surface area (Å²) in [6.45, 7) is 3.63. The SMILES string of the molecule is CCCc1cccc(C(NN)c2ccc3c(c2)COC3)c1. The minimum atomic E-state index is 0.0210. The summed E-state index contributed by atoms with van der Waals surface area (Å²) in [5.74, 6) is 5.82. The molecule has 0 saturated heterocycles. The number of ether oxygens (including phenoxy) is 1. The lowest BCUT2D eigenvalue weighted by Gasteiger charge is -2.18. The summed E-state index contributed by atoms with van der Waals surface area (Å²) in [5.41, 5.74) is 9.28. The predicted molar refractivity (Wildman–Crippen MR) is 84.5 cm³/mol. The van der Waals surface area contributed by atoms with Gasteiger partial charge in [-0.15, -0.1) is 0 Å². The zero-order valence-electron chi connectivity index (χ0n) is 12.4. The van der Waals surface area contributed by atoms with Crippen molar-refractivity contribution >= 4 is 0 Å². The van der Waals surface area contributed by atoms with Crippen LogP contribution in [0.4, 0.5) is 0 Å². The van der Waals surface area contributed by atoms with E-state index in [1.54, 1.807) is 0 Å². The van der Waals surface area contributed by atoms with Crippen molar-refractivity contribution in [3.05, 3.63) is 70.3 Å². The van der Waals surface area contributed by atoms with Gasteiger partial charge in [0.25, 0.3) is 0 Å². The molecule has 0 aromatic heterocycles. The Morgan fingerprint density at radius 2 is 1.90 bits per heavy atom. The Balaban J connectivity index is 1.92. The van der Waals surface area contributed by atoms with E-state index in [0.717, 1.165) is 19.4 Å². The molecule has 0 amide bonds. The van der Waals surface area contributed by atoms with Gasteiger partial charge in [-0.3, -0.25) is 5.84 Å². The van der Waals surface area contributed by atoms with E-state index in [4.69, 9.17) is 10.6 Å². The summed E-state index contributed by atoms with van der Waals surface area (Å²) in [7, 11) is 0. The van der Waals surface area contributed by atoms with Crippen LogP contribution in [0.15, 0.2) is 42.5 Å². The van der Waals surface area contributed by atoms with Crippen LogP contribution in [-0.4, -0.2) is 0 Å². The molecule has 3 rings (SSSR count). The number of rotatable bonds is 5. The Labute approximate surface area is 126 Å². The number of hydrogen-bond donors (Lipinski definition) is 2. The monoisotopic (exact) mass is 282 g/mol. The average molecular weight is 282 g/mol. The van der Waals surface area contributed by atoms with Gasteiger partial charge in [-0.25, -0.2) is 5.43 Å². The lowest BCUT2D eigenvalue weighted by atomic mass is 9.94. The highest BCUT2D eigenvalue weighted by atomic mass is 16.5. The normalized spacial score (nSPS) is 15.0. The zero-order chi connectivity index (χ0) is 14.7. The second-order valence-electron chi connectivity index (χ2n) is 5.62. The first-order valence-electron chi connectivity index (χ1n) is 7.56. The van der Waals surface area contributed by atoms with Gasteiger partial charge in [0.2, 0.25) is 0 Å². The highest BCUT2D eigenvalue weighted by Crippen LogP contribution is 2.27. The number of benzene rings is 2. The Morgan fingerprint density at radius 3 is 2.71 bits per heavy atom. The smallest absolute Gasteiger partial charge is 0.0725 e. The lowest BCUT2D eigenvalue weighted by molar-refractivity contribution is 0.134. The molecule has 110 valence electrons. The fourth-order valence-electron chi connectivity index (χ4n) is 2.97. The summed E-state index contributed by atoms with van der Waals surface area (Å²) >= 11 is 0. The molecule has 1 atom stereocenters. The van der Waals surface area contributed by atoms with Crippen LogP contribution in [0.3, 0.4) is 0 Å². The highest BCUT2D eigenvalue weighted by molar-refractivity contribution is 5.39. The number of nitrogens with one attached hydrogen (secondary N) is 1. The molecular weight excluding hydrogens is 260 g/mol. The summed E-state index contributed by atoms with van der Waals surface area (Å²) in [4.78, 5) is 0. The van der Waals surface area contributed by atoms with Gasteiger partial charge in [-0.2, -0.15) is 0 Å². The van der Waals surface area contributed by atoms with Crippen molar-refractivity contribution in [3.8, 4) is 0 Å². The minimum absolute atomic E-state index is 0.0210. The number of hydrogen-bond acceptors (Lipinski definition) is 3.